The minimum Gasteiger partial charge on any atom is -0.406 e. The van der Waals surface area contributed by atoms with E-state index in [0.717, 1.165) is 38.5 Å². The molecule has 6 saturated carbocycles. The Hall–Kier alpha value is -0.383. The minimum atomic E-state index is -1.86. The first-order chi connectivity index (χ1) is 16.1. The third-order valence-electron chi connectivity index (χ3n) is 13.2. The van der Waals surface area contributed by atoms with Crippen LogP contribution in [0.2, 0.25) is 18.1 Å². The molecule has 0 bridgehead atoms. The van der Waals surface area contributed by atoms with Crippen molar-refractivity contribution in [3.63, 3.8) is 0 Å². The molecule has 6 aliphatic carbocycles. The maximum atomic E-state index is 12.2. The van der Waals surface area contributed by atoms with E-state index in [-0.39, 0.29) is 22.0 Å². The molecule has 0 aromatic rings. The summed E-state index contributed by atoms with van der Waals surface area (Å²) in [5.41, 5.74) is -1.89. The third-order valence-corrected chi connectivity index (χ3v) is 17.7. The second-order valence-electron chi connectivity index (χ2n) is 15.5. The summed E-state index contributed by atoms with van der Waals surface area (Å²) < 4.78 is 6.32. The van der Waals surface area contributed by atoms with Gasteiger partial charge in [0, 0.05) is 17.8 Å². The molecule has 35 heavy (non-hydrogen) atoms. The van der Waals surface area contributed by atoms with E-state index in [0.29, 0.717) is 54.5 Å². The summed E-state index contributed by atoms with van der Waals surface area (Å²) in [5.74, 6) is 10.1. The van der Waals surface area contributed by atoms with E-state index in [2.05, 4.69) is 59.6 Å². The van der Waals surface area contributed by atoms with Crippen LogP contribution < -0.4 is 0 Å². The van der Waals surface area contributed by atoms with E-state index in [9.17, 15) is 15.3 Å². The van der Waals surface area contributed by atoms with Crippen molar-refractivity contribution < 1.29 is 19.7 Å². The highest BCUT2D eigenvalue weighted by molar-refractivity contribution is 6.74. The molecule has 0 aliphatic heterocycles. The molecule has 196 valence electrons. The molecule has 6 aliphatic rings. The van der Waals surface area contributed by atoms with Crippen molar-refractivity contribution in [2.45, 2.75) is 115 Å². The Balaban J connectivity index is 1.27. The summed E-state index contributed by atoms with van der Waals surface area (Å²) in [7, 11) is -1.86. The smallest absolute Gasteiger partial charge is 0.193 e. The van der Waals surface area contributed by atoms with Crippen LogP contribution in [-0.4, -0.2) is 47.5 Å². The highest BCUT2D eigenvalue weighted by atomic mass is 28.4. The number of aliphatic hydroxyl groups is 3. The second kappa shape index (κ2) is 7.17. The van der Waals surface area contributed by atoms with Gasteiger partial charge in [-0.3, -0.25) is 0 Å². The zero-order valence-electron chi connectivity index (χ0n) is 23.0. The van der Waals surface area contributed by atoms with Gasteiger partial charge in [-0.05, 0) is 97.6 Å². The Labute approximate surface area is 213 Å². The van der Waals surface area contributed by atoms with E-state index in [1.165, 1.54) is 0 Å². The van der Waals surface area contributed by atoms with Crippen LogP contribution in [0.25, 0.3) is 0 Å². The van der Waals surface area contributed by atoms with Gasteiger partial charge in [-0.2, -0.15) is 0 Å². The third kappa shape index (κ3) is 3.07. The molecule has 0 amide bonds. The fourth-order valence-electron chi connectivity index (χ4n) is 10.0. The van der Waals surface area contributed by atoms with Crippen LogP contribution in [0.5, 0.6) is 0 Å². The average Bonchev–Trinajstić information content (AvgIpc) is 3.65. The van der Waals surface area contributed by atoms with Crippen LogP contribution in [0.1, 0.15) is 79.6 Å². The molecule has 4 nitrogen and oxygen atoms in total. The Morgan fingerprint density at radius 1 is 0.943 bits per heavy atom. The van der Waals surface area contributed by atoms with Gasteiger partial charge in [0.2, 0.25) is 0 Å². The topological polar surface area (TPSA) is 69.9 Å². The van der Waals surface area contributed by atoms with Crippen LogP contribution in [0.15, 0.2) is 0 Å². The fourth-order valence-corrected chi connectivity index (χ4v) is 10.9. The predicted molar refractivity (Wildman–Crippen MR) is 140 cm³/mol. The largest absolute Gasteiger partial charge is 0.406 e. The van der Waals surface area contributed by atoms with Gasteiger partial charge in [-0.15, -0.1) is 0 Å². The molecule has 0 radical (unpaired) electrons. The lowest BCUT2D eigenvalue weighted by atomic mass is 9.42. The van der Waals surface area contributed by atoms with Gasteiger partial charge in [0.25, 0.3) is 0 Å². The van der Waals surface area contributed by atoms with Gasteiger partial charge in [0.1, 0.15) is 5.60 Å². The van der Waals surface area contributed by atoms with Crippen LogP contribution in [0, 0.1) is 64.1 Å². The lowest BCUT2D eigenvalue weighted by Crippen LogP contribution is -2.65. The molecule has 6 fully saturated rings. The fraction of sp³-hybridized carbons (Fsp3) is 0.933. The van der Waals surface area contributed by atoms with E-state index in [1.54, 1.807) is 0 Å². The molecule has 0 aromatic carbocycles. The average molecular weight is 501 g/mol. The molecule has 12 atom stereocenters. The van der Waals surface area contributed by atoms with Crippen molar-refractivity contribution in [3.8, 4) is 11.8 Å². The summed E-state index contributed by atoms with van der Waals surface area (Å²) in [4.78, 5) is 0. The maximum absolute atomic E-state index is 12.2. The highest BCUT2D eigenvalue weighted by Gasteiger charge is 2.81. The Kier molecular flexibility index (Phi) is 5.11. The van der Waals surface area contributed by atoms with Crippen molar-refractivity contribution in [1.29, 1.82) is 0 Å². The van der Waals surface area contributed by atoms with Gasteiger partial charge in [-0.25, -0.2) is 0 Å². The molecular weight excluding hydrogens is 452 g/mol. The Morgan fingerprint density at radius 3 is 2.29 bits per heavy atom. The van der Waals surface area contributed by atoms with Gasteiger partial charge in [-0.1, -0.05) is 46.5 Å². The monoisotopic (exact) mass is 500 g/mol. The number of aliphatic hydroxyl groups excluding tert-OH is 1. The van der Waals surface area contributed by atoms with E-state index < -0.39 is 19.5 Å². The first kappa shape index (κ1) is 24.9. The molecule has 0 aromatic heterocycles. The number of fused-ring (bicyclic) bond motifs is 10. The molecule has 3 N–H and O–H groups in total. The van der Waals surface area contributed by atoms with Crippen molar-refractivity contribution in [3.05, 3.63) is 0 Å². The maximum Gasteiger partial charge on any atom is 0.193 e. The number of hydrogen-bond donors (Lipinski definition) is 3. The molecule has 1 unspecified atom stereocenters. The summed E-state index contributed by atoms with van der Waals surface area (Å²) in [6, 6.07) is 0. The summed E-state index contributed by atoms with van der Waals surface area (Å²) in [5, 5.41) is 34.8. The van der Waals surface area contributed by atoms with Gasteiger partial charge < -0.3 is 19.7 Å². The SMILES string of the molecule is CC(C)(C)[Si](C)(C)OCC#CC1(O)[C@H]2C[C@H]2[C@@H]2[C@@H]3[C@H]4C[C@H]4[C@]4(O)C[C@@H](O)CC[C@]4(C)[C@@H]3CC[C@@]21C. The van der Waals surface area contributed by atoms with Crippen molar-refractivity contribution in [2.24, 2.45) is 52.3 Å². The van der Waals surface area contributed by atoms with Crippen LogP contribution in [0.4, 0.5) is 0 Å². The zero-order valence-corrected chi connectivity index (χ0v) is 24.0. The van der Waals surface area contributed by atoms with Gasteiger partial charge >= 0.3 is 0 Å². The van der Waals surface area contributed by atoms with Gasteiger partial charge in [0.15, 0.2) is 8.32 Å². The van der Waals surface area contributed by atoms with E-state index in [1.807, 2.05) is 0 Å². The molecule has 0 spiro atoms. The minimum absolute atomic E-state index is 0.107. The van der Waals surface area contributed by atoms with E-state index in [4.69, 9.17) is 4.43 Å². The van der Waals surface area contributed by atoms with Crippen LogP contribution in [-0.2, 0) is 4.43 Å². The lowest BCUT2D eigenvalue weighted by Gasteiger charge is -2.64. The van der Waals surface area contributed by atoms with Crippen LogP contribution >= 0.6 is 0 Å². The first-order valence-corrected chi connectivity index (χ1v) is 17.3. The standard InChI is InChI=1S/C30H48O4Si/c1-26(2,3)35(6,7)34-14-8-11-29(32)23-16-20(23)25-24-19-15-22(19)30(33)17-18(31)9-12-27(30,4)21(24)10-13-28(25,29)5/h18-25,31-33H,9-10,12-17H2,1-7H3/t18-,19-,20+,21+,22+,23-,24+,25+,27+,28-,29?,30+/m0/s1. The van der Waals surface area contributed by atoms with Crippen molar-refractivity contribution >= 4 is 8.32 Å². The predicted octanol–water partition coefficient (Wildman–Crippen LogP) is 4.97. The van der Waals surface area contributed by atoms with Crippen LogP contribution in [0.3, 0.4) is 0 Å². The number of rotatable bonds is 2. The zero-order chi connectivity index (χ0) is 25.4. The molecular formula is C30H48O4Si. The van der Waals surface area contributed by atoms with Gasteiger partial charge in [0.05, 0.1) is 18.3 Å². The summed E-state index contributed by atoms with van der Waals surface area (Å²) in [6.45, 7) is 16.4. The normalized spacial score (nSPS) is 55.9. The molecule has 5 heteroatoms. The summed E-state index contributed by atoms with van der Waals surface area (Å²) >= 11 is 0. The Bertz CT molecular complexity index is 977. The Morgan fingerprint density at radius 2 is 1.60 bits per heavy atom. The molecule has 0 saturated heterocycles. The van der Waals surface area contributed by atoms with Crippen molar-refractivity contribution in [1.82, 2.24) is 0 Å². The van der Waals surface area contributed by atoms with Crippen molar-refractivity contribution in [2.75, 3.05) is 6.61 Å². The summed E-state index contributed by atoms with van der Waals surface area (Å²) in [6.07, 6.45) is 6.23. The lowest BCUT2D eigenvalue weighted by molar-refractivity contribution is -0.233. The molecule has 0 heterocycles. The highest BCUT2D eigenvalue weighted by Crippen LogP contribution is 2.81. The number of hydrogen-bond acceptors (Lipinski definition) is 4. The molecule has 6 rings (SSSR count). The quantitative estimate of drug-likeness (QED) is 0.370. The second-order valence-corrected chi connectivity index (χ2v) is 20.3. The van der Waals surface area contributed by atoms with E-state index >= 15 is 0 Å². The first-order valence-electron chi connectivity index (χ1n) is 14.4.